The average molecular weight is 504 g/mol. The minimum atomic E-state index is -4.01. The van der Waals surface area contributed by atoms with Gasteiger partial charge in [0.05, 0.1) is 27.4 Å². The highest BCUT2D eigenvalue weighted by Crippen LogP contribution is 2.51. The van der Waals surface area contributed by atoms with E-state index in [9.17, 15) is 36.6 Å². The number of fused-ring (bicyclic) bond motifs is 2. The predicted molar refractivity (Wildman–Crippen MR) is 114 cm³/mol. The van der Waals surface area contributed by atoms with Crippen LogP contribution >= 0.6 is 11.6 Å². The van der Waals surface area contributed by atoms with E-state index < -0.39 is 50.7 Å². The molecule has 2 atom stereocenters. The third-order valence-corrected chi connectivity index (χ3v) is 9.39. The Bertz CT molecular complexity index is 1190. The minimum absolute atomic E-state index is 0.0900. The van der Waals surface area contributed by atoms with E-state index >= 15 is 0 Å². The monoisotopic (exact) mass is 503 g/mol. The maximum Gasteiger partial charge on any atom is 0.255 e. The molecule has 11 heteroatoms. The first-order chi connectivity index (χ1) is 15.4. The smallest absolute Gasteiger partial charge is 0.255 e. The van der Waals surface area contributed by atoms with Crippen molar-refractivity contribution in [2.24, 2.45) is 11.8 Å². The van der Waals surface area contributed by atoms with Gasteiger partial charge in [-0.3, -0.25) is 4.79 Å². The Balaban J connectivity index is 1.63. The topological polar surface area (TPSA) is 104 Å². The first-order valence-corrected chi connectivity index (χ1v) is 12.2. The summed E-state index contributed by atoms with van der Waals surface area (Å²) in [4.78, 5) is 12.3. The molecule has 0 spiro atoms. The van der Waals surface area contributed by atoms with Crippen molar-refractivity contribution in [1.82, 2.24) is 0 Å². The summed E-state index contributed by atoms with van der Waals surface area (Å²) in [5, 5.41) is 21.3. The van der Waals surface area contributed by atoms with Crippen LogP contribution in [0.25, 0.3) is 0 Å². The fourth-order valence-electron chi connectivity index (χ4n) is 5.11. The lowest BCUT2D eigenvalue weighted by Crippen LogP contribution is -2.48. The highest BCUT2D eigenvalue weighted by molar-refractivity contribution is 7.92. The molecule has 0 saturated heterocycles. The van der Waals surface area contributed by atoms with Crippen molar-refractivity contribution >= 4 is 33.0 Å². The maximum atomic E-state index is 13.5. The zero-order valence-electron chi connectivity index (χ0n) is 17.2. The molecule has 0 aliphatic heterocycles. The van der Waals surface area contributed by atoms with E-state index in [1.54, 1.807) is 0 Å². The first kappa shape index (κ1) is 24.0. The van der Waals surface area contributed by atoms with Crippen molar-refractivity contribution in [2.75, 3.05) is 11.9 Å². The number of aliphatic hydroxyl groups is 2. The molecule has 3 N–H and O–H groups in total. The number of carbonyl (C=O) groups excluding carboxylic acids is 1. The molecule has 2 saturated carbocycles. The fraction of sp³-hybridized carbons (Fsp3) is 0.409. The molecule has 2 aromatic carbocycles. The van der Waals surface area contributed by atoms with Gasteiger partial charge in [-0.25, -0.2) is 21.6 Å². The van der Waals surface area contributed by atoms with Crippen LogP contribution in [-0.4, -0.2) is 42.0 Å². The first-order valence-electron chi connectivity index (χ1n) is 10.3. The molecule has 33 heavy (non-hydrogen) atoms. The van der Waals surface area contributed by atoms with E-state index in [0.29, 0.717) is 25.0 Å². The van der Waals surface area contributed by atoms with Crippen LogP contribution in [0, 0.1) is 29.3 Å². The number of nitrogens with one attached hydrogen (secondary N) is 1. The van der Waals surface area contributed by atoms with Gasteiger partial charge in [0, 0.05) is 23.4 Å². The molecule has 2 bridgehead atoms. The second-order valence-corrected chi connectivity index (χ2v) is 11.2. The Morgan fingerprint density at radius 3 is 2.21 bits per heavy atom. The van der Waals surface area contributed by atoms with Crippen molar-refractivity contribution < 1.29 is 36.6 Å². The number of benzene rings is 2. The van der Waals surface area contributed by atoms with Crippen LogP contribution in [0.4, 0.5) is 18.9 Å². The third-order valence-electron chi connectivity index (χ3n) is 6.52. The van der Waals surface area contributed by atoms with E-state index in [1.165, 1.54) is 12.1 Å². The van der Waals surface area contributed by atoms with Gasteiger partial charge < -0.3 is 15.5 Å². The number of aliphatic hydroxyl groups excluding tert-OH is 1. The lowest BCUT2D eigenvalue weighted by atomic mass is 9.77. The molecule has 4 rings (SSSR count). The SMILES string of the molecule is O=C(Nc1cc(F)c(F)c(F)c1)c1ccc(Cl)c(S(=O)(=O)C2C3CCC2CC(O)(CO)C3)c1. The van der Waals surface area contributed by atoms with Crippen LogP contribution < -0.4 is 5.32 Å². The molecule has 0 heterocycles. The van der Waals surface area contributed by atoms with Gasteiger partial charge in [-0.1, -0.05) is 11.6 Å². The van der Waals surface area contributed by atoms with Crippen LogP contribution in [0.15, 0.2) is 35.2 Å². The molecule has 2 aliphatic rings. The zero-order chi connectivity index (χ0) is 24.1. The molecule has 0 radical (unpaired) electrons. The molecular weight excluding hydrogens is 483 g/mol. The number of hydrogen-bond acceptors (Lipinski definition) is 5. The number of amides is 1. The average Bonchev–Trinajstić information content (AvgIpc) is 3.05. The molecule has 1 amide bonds. The van der Waals surface area contributed by atoms with Crippen LogP contribution in [0.5, 0.6) is 0 Å². The Morgan fingerprint density at radius 1 is 1.09 bits per heavy atom. The van der Waals surface area contributed by atoms with E-state index in [2.05, 4.69) is 5.32 Å². The summed E-state index contributed by atoms with van der Waals surface area (Å²) < 4.78 is 67.1. The number of halogens is 4. The Labute approximate surface area is 193 Å². The summed E-state index contributed by atoms with van der Waals surface area (Å²) in [6, 6.07) is 4.80. The van der Waals surface area contributed by atoms with Crippen molar-refractivity contribution in [3.63, 3.8) is 0 Å². The zero-order valence-corrected chi connectivity index (χ0v) is 18.8. The standard InChI is InChI=1S/C22H21ClF3NO5S/c23-15-4-3-11(21(29)27-14-6-16(24)19(26)17(25)7-14)5-18(15)33(31,32)20-12-1-2-13(20)9-22(30,8-12)10-28/h3-7,12-13,20,28,30H,1-2,8-10H2,(H,27,29). The van der Waals surface area contributed by atoms with E-state index in [-0.39, 0.29) is 45.8 Å². The Morgan fingerprint density at radius 2 is 1.67 bits per heavy atom. The van der Waals surface area contributed by atoms with Crippen LogP contribution in [0.2, 0.25) is 5.02 Å². The van der Waals surface area contributed by atoms with Gasteiger partial charge in [0.1, 0.15) is 0 Å². The second kappa shape index (κ2) is 8.57. The summed E-state index contributed by atoms with van der Waals surface area (Å²) in [7, 11) is -4.01. The number of anilines is 1. The Kier molecular flexibility index (Phi) is 6.24. The number of rotatable bonds is 5. The van der Waals surface area contributed by atoms with Gasteiger partial charge in [0.2, 0.25) is 0 Å². The quantitative estimate of drug-likeness (QED) is 0.540. The molecular formula is C22H21ClF3NO5S. The third kappa shape index (κ3) is 4.37. The summed E-state index contributed by atoms with van der Waals surface area (Å²) in [6.07, 6.45) is 1.44. The Hall–Kier alpha value is -2.14. The van der Waals surface area contributed by atoms with E-state index in [0.717, 1.165) is 6.07 Å². The summed E-state index contributed by atoms with van der Waals surface area (Å²) in [5.41, 5.74) is -1.79. The van der Waals surface area contributed by atoms with Crippen molar-refractivity contribution in [1.29, 1.82) is 0 Å². The predicted octanol–water partition coefficient (Wildman–Crippen LogP) is 3.70. The number of hydrogen-bond donors (Lipinski definition) is 3. The molecule has 2 fully saturated rings. The van der Waals surface area contributed by atoms with Gasteiger partial charge >= 0.3 is 0 Å². The van der Waals surface area contributed by atoms with Gasteiger partial charge in [0.15, 0.2) is 27.3 Å². The highest BCUT2D eigenvalue weighted by atomic mass is 35.5. The molecule has 0 aromatic heterocycles. The normalized spacial score (nSPS) is 26.9. The molecule has 2 aliphatic carbocycles. The maximum absolute atomic E-state index is 13.5. The van der Waals surface area contributed by atoms with E-state index in [1.807, 2.05) is 0 Å². The van der Waals surface area contributed by atoms with Crippen LogP contribution in [-0.2, 0) is 9.84 Å². The number of sulfone groups is 1. The van der Waals surface area contributed by atoms with Crippen molar-refractivity contribution in [3.05, 3.63) is 58.4 Å². The lowest BCUT2D eigenvalue weighted by molar-refractivity contribution is -0.0597. The lowest BCUT2D eigenvalue weighted by Gasteiger charge is -2.39. The van der Waals surface area contributed by atoms with Crippen LogP contribution in [0.3, 0.4) is 0 Å². The van der Waals surface area contributed by atoms with Gasteiger partial charge in [0.25, 0.3) is 5.91 Å². The van der Waals surface area contributed by atoms with Gasteiger partial charge in [-0.2, -0.15) is 0 Å². The fourth-order valence-corrected chi connectivity index (χ4v) is 7.96. The second-order valence-electron chi connectivity index (χ2n) is 8.75. The van der Waals surface area contributed by atoms with Crippen molar-refractivity contribution in [3.8, 4) is 0 Å². The van der Waals surface area contributed by atoms with E-state index in [4.69, 9.17) is 11.6 Å². The molecule has 178 valence electrons. The molecule has 2 aromatic rings. The molecule has 6 nitrogen and oxygen atoms in total. The van der Waals surface area contributed by atoms with Gasteiger partial charge in [-0.15, -0.1) is 0 Å². The van der Waals surface area contributed by atoms with Crippen molar-refractivity contribution in [2.45, 2.75) is 41.4 Å². The van der Waals surface area contributed by atoms with Crippen LogP contribution in [0.1, 0.15) is 36.0 Å². The molecule has 2 unspecified atom stereocenters. The summed E-state index contributed by atoms with van der Waals surface area (Å²) in [6.45, 7) is -0.451. The van der Waals surface area contributed by atoms with Gasteiger partial charge in [-0.05, 0) is 55.7 Å². The minimum Gasteiger partial charge on any atom is -0.393 e. The summed E-state index contributed by atoms with van der Waals surface area (Å²) in [5.74, 6) is -6.26. The largest absolute Gasteiger partial charge is 0.393 e. The number of carbonyl (C=O) groups is 1. The summed E-state index contributed by atoms with van der Waals surface area (Å²) >= 11 is 6.18. The highest BCUT2D eigenvalue weighted by Gasteiger charge is 2.54.